The Morgan fingerprint density at radius 2 is 2.18 bits per heavy atom. The van der Waals surface area contributed by atoms with Gasteiger partial charge in [0.1, 0.15) is 0 Å². The molecule has 0 saturated carbocycles. The van der Waals surface area contributed by atoms with E-state index < -0.39 is 6.04 Å². The van der Waals surface area contributed by atoms with Crippen LogP contribution >= 0.6 is 0 Å². The Labute approximate surface area is 101 Å². The van der Waals surface area contributed by atoms with Gasteiger partial charge in [-0.2, -0.15) is 5.26 Å². The average Bonchev–Trinajstić information content (AvgIpc) is 2.32. The minimum atomic E-state index is -0.578. The molecule has 1 aromatic rings. The molecule has 0 aliphatic rings. The second-order valence-corrected chi connectivity index (χ2v) is 3.65. The second kappa shape index (κ2) is 6.46. The van der Waals surface area contributed by atoms with Gasteiger partial charge < -0.3 is 11.1 Å². The molecule has 17 heavy (non-hydrogen) atoms. The number of nitrogens with two attached hydrogens (primary N) is 1. The number of anilines is 1. The Morgan fingerprint density at radius 1 is 1.53 bits per heavy atom. The molecule has 0 spiro atoms. The summed E-state index contributed by atoms with van der Waals surface area (Å²) in [6.45, 7) is 3.53. The summed E-state index contributed by atoms with van der Waals surface area (Å²) in [5.41, 5.74) is 7.22. The molecule has 1 rings (SSSR count). The van der Waals surface area contributed by atoms with E-state index in [0.717, 1.165) is 5.56 Å². The summed E-state index contributed by atoms with van der Waals surface area (Å²) in [6, 6.07) is 8.60. The average molecular weight is 229 g/mol. The van der Waals surface area contributed by atoms with Crippen LogP contribution in [0.3, 0.4) is 0 Å². The number of carbonyl (C=O) groups excluding carboxylic acids is 1. The maximum Gasteiger partial charge on any atom is 0.241 e. The molecule has 1 atom stereocenters. The van der Waals surface area contributed by atoms with Gasteiger partial charge >= 0.3 is 0 Å². The van der Waals surface area contributed by atoms with E-state index in [4.69, 9.17) is 11.0 Å². The number of benzene rings is 1. The summed E-state index contributed by atoms with van der Waals surface area (Å²) in [5.74, 6) is -0.238. The number of nitrogens with zero attached hydrogens (tertiary/aromatic N) is 1. The monoisotopic (exact) mass is 229 g/mol. The Balaban J connectivity index is 2.60. The third-order valence-electron chi connectivity index (χ3n) is 2.26. The van der Waals surface area contributed by atoms with Crippen LogP contribution in [0.1, 0.15) is 12.0 Å². The Morgan fingerprint density at radius 3 is 2.71 bits per heavy atom. The Kier molecular flexibility index (Phi) is 4.92. The summed E-state index contributed by atoms with van der Waals surface area (Å²) in [7, 11) is 0. The van der Waals surface area contributed by atoms with Gasteiger partial charge in [-0.15, -0.1) is 6.58 Å². The highest BCUT2D eigenvalue weighted by Crippen LogP contribution is 2.10. The van der Waals surface area contributed by atoms with E-state index in [9.17, 15) is 4.79 Å². The van der Waals surface area contributed by atoms with Gasteiger partial charge in [0.15, 0.2) is 0 Å². The van der Waals surface area contributed by atoms with Crippen LogP contribution in [0.2, 0.25) is 0 Å². The summed E-state index contributed by atoms with van der Waals surface area (Å²) in [4.78, 5) is 11.6. The van der Waals surface area contributed by atoms with Crippen LogP contribution in [-0.2, 0) is 11.2 Å². The molecule has 4 nitrogen and oxygen atoms in total. The molecule has 0 bridgehead atoms. The molecule has 0 aliphatic carbocycles. The number of nitriles is 1. The molecule has 0 fully saturated rings. The van der Waals surface area contributed by atoms with E-state index in [1.807, 2.05) is 0 Å². The van der Waals surface area contributed by atoms with E-state index in [-0.39, 0.29) is 5.91 Å². The zero-order chi connectivity index (χ0) is 12.7. The smallest absolute Gasteiger partial charge is 0.241 e. The summed E-state index contributed by atoms with van der Waals surface area (Å²) in [6.07, 6.45) is 2.42. The molecule has 1 amide bonds. The zero-order valence-electron chi connectivity index (χ0n) is 9.52. The molecular weight excluding hydrogens is 214 g/mol. The van der Waals surface area contributed by atoms with Crippen LogP contribution < -0.4 is 11.1 Å². The standard InChI is InChI=1S/C13H15N3O/c1-2-3-12(15)13(17)16-11-6-4-10(5-7-11)8-9-14/h2,4-7,12H,1,3,8,15H2,(H,16,17). The quantitative estimate of drug-likeness (QED) is 0.752. The van der Waals surface area contributed by atoms with Crippen molar-refractivity contribution in [3.63, 3.8) is 0 Å². The molecule has 88 valence electrons. The van der Waals surface area contributed by atoms with Crippen LogP contribution in [-0.4, -0.2) is 11.9 Å². The van der Waals surface area contributed by atoms with Crippen molar-refractivity contribution in [2.75, 3.05) is 5.32 Å². The van der Waals surface area contributed by atoms with Crippen LogP contribution in [0.15, 0.2) is 36.9 Å². The third-order valence-corrected chi connectivity index (χ3v) is 2.26. The first-order valence-electron chi connectivity index (χ1n) is 5.30. The number of carbonyl (C=O) groups is 1. The highest BCUT2D eigenvalue weighted by Gasteiger charge is 2.11. The van der Waals surface area contributed by atoms with Crippen molar-refractivity contribution in [1.82, 2.24) is 0 Å². The van der Waals surface area contributed by atoms with E-state index in [1.165, 1.54) is 0 Å². The number of hydrogen-bond acceptors (Lipinski definition) is 3. The van der Waals surface area contributed by atoms with E-state index in [1.54, 1.807) is 30.3 Å². The first-order chi connectivity index (χ1) is 8.17. The predicted octanol–water partition coefficient (Wildman–Crippen LogP) is 1.59. The maximum absolute atomic E-state index is 11.6. The lowest BCUT2D eigenvalue weighted by molar-refractivity contribution is -0.117. The molecule has 0 aliphatic heterocycles. The van der Waals surface area contributed by atoms with Gasteiger partial charge in [0.05, 0.1) is 18.5 Å². The van der Waals surface area contributed by atoms with Gasteiger partial charge in [0.25, 0.3) is 0 Å². The fraction of sp³-hybridized carbons (Fsp3) is 0.231. The van der Waals surface area contributed by atoms with Crippen LogP contribution in [0, 0.1) is 11.3 Å². The third kappa shape index (κ3) is 4.09. The molecule has 0 heterocycles. The SMILES string of the molecule is C=CCC(N)C(=O)Nc1ccc(CC#N)cc1. The Hall–Kier alpha value is -2.12. The van der Waals surface area contributed by atoms with Crippen molar-refractivity contribution < 1.29 is 4.79 Å². The largest absolute Gasteiger partial charge is 0.325 e. The lowest BCUT2D eigenvalue weighted by Crippen LogP contribution is -2.35. The normalized spacial score (nSPS) is 11.3. The zero-order valence-corrected chi connectivity index (χ0v) is 9.52. The van der Waals surface area contributed by atoms with Crippen molar-refractivity contribution in [3.8, 4) is 6.07 Å². The molecule has 3 N–H and O–H groups in total. The van der Waals surface area contributed by atoms with Crippen LogP contribution in [0.4, 0.5) is 5.69 Å². The van der Waals surface area contributed by atoms with Crippen molar-refractivity contribution in [2.45, 2.75) is 18.9 Å². The fourth-order valence-electron chi connectivity index (χ4n) is 1.32. The molecule has 0 aromatic heterocycles. The van der Waals surface area contributed by atoms with Crippen LogP contribution in [0.5, 0.6) is 0 Å². The highest BCUT2D eigenvalue weighted by molar-refractivity contribution is 5.94. The molecule has 0 saturated heterocycles. The molecule has 0 radical (unpaired) electrons. The predicted molar refractivity (Wildman–Crippen MR) is 67.2 cm³/mol. The lowest BCUT2D eigenvalue weighted by atomic mass is 10.1. The highest BCUT2D eigenvalue weighted by atomic mass is 16.2. The molecule has 1 aromatic carbocycles. The van der Waals surface area contributed by atoms with Gasteiger partial charge in [0.2, 0.25) is 5.91 Å². The first-order valence-corrected chi connectivity index (χ1v) is 5.30. The Bertz CT molecular complexity index is 431. The van der Waals surface area contributed by atoms with Gasteiger partial charge in [0, 0.05) is 5.69 Å². The first kappa shape index (κ1) is 12.9. The maximum atomic E-state index is 11.6. The van der Waals surface area contributed by atoms with Crippen molar-refractivity contribution in [1.29, 1.82) is 5.26 Å². The van der Waals surface area contributed by atoms with Gasteiger partial charge in [-0.3, -0.25) is 4.79 Å². The molecular formula is C13H15N3O. The summed E-state index contributed by atoms with van der Waals surface area (Å²) < 4.78 is 0. The number of rotatable bonds is 5. The van der Waals surface area contributed by atoms with Crippen molar-refractivity contribution in [3.05, 3.63) is 42.5 Å². The number of amides is 1. The topological polar surface area (TPSA) is 78.9 Å². The van der Waals surface area contributed by atoms with Gasteiger partial charge in [-0.05, 0) is 24.1 Å². The van der Waals surface area contributed by atoms with Gasteiger partial charge in [-0.25, -0.2) is 0 Å². The van der Waals surface area contributed by atoms with E-state index in [2.05, 4.69) is 18.0 Å². The minimum absolute atomic E-state index is 0.238. The molecule has 4 heteroatoms. The number of nitrogens with one attached hydrogen (secondary N) is 1. The number of hydrogen-bond donors (Lipinski definition) is 2. The lowest BCUT2D eigenvalue weighted by Gasteiger charge is -2.10. The van der Waals surface area contributed by atoms with Crippen LogP contribution in [0.25, 0.3) is 0 Å². The van der Waals surface area contributed by atoms with E-state index >= 15 is 0 Å². The second-order valence-electron chi connectivity index (χ2n) is 3.65. The van der Waals surface area contributed by atoms with E-state index in [0.29, 0.717) is 18.5 Å². The molecule has 1 unspecified atom stereocenters. The van der Waals surface area contributed by atoms with Crippen molar-refractivity contribution >= 4 is 11.6 Å². The minimum Gasteiger partial charge on any atom is -0.325 e. The van der Waals surface area contributed by atoms with Crippen molar-refractivity contribution in [2.24, 2.45) is 5.73 Å². The van der Waals surface area contributed by atoms with Gasteiger partial charge in [-0.1, -0.05) is 18.2 Å². The summed E-state index contributed by atoms with van der Waals surface area (Å²) >= 11 is 0. The summed E-state index contributed by atoms with van der Waals surface area (Å²) in [5, 5.41) is 11.2. The fourth-order valence-corrected chi connectivity index (χ4v) is 1.32.